The molecule has 0 radical (unpaired) electrons. The Morgan fingerprint density at radius 2 is 1.25 bits per heavy atom. The smallest absolute Gasteiger partial charge is 0.314 e. The number of methoxy groups -OCH3 is 1. The van der Waals surface area contributed by atoms with Gasteiger partial charge in [0.05, 0.1) is 18.4 Å². The first-order valence-electron chi connectivity index (χ1n) is 11.2. The summed E-state index contributed by atoms with van der Waals surface area (Å²) < 4.78 is 22.2. The van der Waals surface area contributed by atoms with Crippen molar-refractivity contribution >= 4 is 11.9 Å². The average Bonchev–Trinajstić information content (AvgIpc) is 2.80. The molecule has 1 atom stereocenters. The summed E-state index contributed by atoms with van der Waals surface area (Å²) in [4.78, 5) is 25.0. The Balaban J connectivity index is 1.46. The van der Waals surface area contributed by atoms with Gasteiger partial charge in [-0.05, 0) is 68.0 Å². The van der Waals surface area contributed by atoms with Crippen LogP contribution in [0.2, 0.25) is 0 Å². The maximum Gasteiger partial charge on any atom is 0.314 e. The van der Waals surface area contributed by atoms with E-state index in [4.69, 9.17) is 18.9 Å². The summed E-state index contributed by atoms with van der Waals surface area (Å²) >= 11 is 0. The fraction of sp³-hybridized carbons (Fsp3) is 0.462. The molecule has 1 unspecified atom stereocenters. The Labute approximate surface area is 189 Å². The lowest BCUT2D eigenvalue weighted by atomic mass is 9.82. The minimum absolute atomic E-state index is 0.0443. The molecule has 0 saturated heterocycles. The van der Waals surface area contributed by atoms with Crippen LogP contribution in [-0.4, -0.2) is 31.8 Å². The van der Waals surface area contributed by atoms with Gasteiger partial charge in [0.1, 0.15) is 23.4 Å². The van der Waals surface area contributed by atoms with Gasteiger partial charge in [-0.3, -0.25) is 9.59 Å². The predicted molar refractivity (Wildman–Crippen MR) is 121 cm³/mol. The predicted octanol–water partition coefficient (Wildman–Crippen LogP) is 5.05. The molecule has 6 heteroatoms. The number of carbonyl (C=O) groups is 2. The topological polar surface area (TPSA) is 71.1 Å². The molecule has 0 amide bonds. The van der Waals surface area contributed by atoms with Gasteiger partial charge in [-0.25, -0.2) is 0 Å². The number of rotatable bonds is 9. The van der Waals surface area contributed by atoms with Gasteiger partial charge < -0.3 is 18.9 Å². The van der Waals surface area contributed by atoms with E-state index in [1.165, 1.54) is 0 Å². The van der Waals surface area contributed by atoms with Crippen molar-refractivity contribution in [2.45, 2.75) is 45.6 Å². The van der Waals surface area contributed by atoms with Crippen LogP contribution < -0.4 is 14.2 Å². The number of ether oxygens (including phenoxy) is 4. The highest BCUT2D eigenvalue weighted by Crippen LogP contribution is 2.31. The van der Waals surface area contributed by atoms with Gasteiger partial charge in [-0.15, -0.1) is 0 Å². The van der Waals surface area contributed by atoms with E-state index in [0.717, 1.165) is 0 Å². The Morgan fingerprint density at radius 1 is 0.781 bits per heavy atom. The number of esters is 2. The number of hydrogen-bond acceptors (Lipinski definition) is 6. The molecular formula is C26H32O6. The Bertz CT molecular complexity index is 854. The molecule has 0 spiro atoms. The number of para-hydroxylation sites is 1. The highest BCUT2D eigenvalue weighted by Gasteiger charge is 2.32. The van der Waals surface area contributed by atoms with Crippen LogP contribution >= 0.6 is 0 Å². The normalized spacial score (nSPS) is 19.2. The summed E-state index contributed by atoms with van der Waals surface area (Å²) in [5.74, 6) is 1.18. The van der Waals surface area contributed by atoms with Crippen LogP contribution in [0.5, 0.6) is 17.2 Å². The quantitative estimate of drug-likeness (QED) is 0.401. The third-order valence-electron chi connectivity index (χ3n) is 5.76. The summed E-state index contributed by atoms with van der Waals surface area (Å²) in [6, 6.07) is 16.1. The molecule has 0 heterocycles. The van der Waals surface area contributed by atoms with E-state index in [1.54, 1.807) is 43.5 Å². The highest BCUT2D eigenvalue weighted by atomic mass is 16.5. The molecule has 1 aliphatic carbocycles. The van der Waals surface area contributed by atoms with E-state index >= 15 is 0 Å². The molecule has 1 saturated carbocycles. The van der Waals surface area contributed by atoms with Crippen LogP contribution in [0.25, 0.3) is 0 Å². The summed E-state index contributed by atoms with van der Waals surface area (Å²) in [6.07, 6.45) is 2.42. The fourth-order valence-electron chi connectivity index (χ4n) is 3.74. The van der Waals surface area contributed by atoms with Crippen molar-refractivity contribution < 1.29 is 28.5 Å². The van der Waals surface area contributed by atoms with Gasteiger partial charge in [-0.1, -0.05) is 32.0 Å². The second kappa shape index (κ2) is 11.7. The van der Waals surface area contributed by atoms with Crippen LogP contribution in [0.3, 0.4) is 0 Å². The van der Waals surface area contributed by atoms with Crippen molar-refractivity contribution in [1.29, 1.82) is 0 Å². The maximum absolute atomic E-state index is 12.6. The maximum atomic E-state index is 12.6. The average molecular weight is 441 g/mol. The Kier molecular flexibility index (Phi) is 8.68. The fourth-order valence-corrected chi connectivity index (χ4v) is 3.74. The van der Waals surface area contributed by atoms with Crippen LogP contribution in [-0.2, 0) is 14.3 Å². The molecule has 0 aromatic heterocycles. The van der Waals surface area contributed by atoms with Gasteiger partial charge >= 0.3 is 11.9 Å². The summed E-state index contributed by atoms with van der Waals surface area (Å²) in [5.41, 5.74) is 0. The van der Waals surface area contributed by atoms with Crippen LogP contribution in [0.4, 0.5) is 0 Å². The second-order valence-electron chi connectivity index (χ2n) is 8.53. The van der Waals surface area contributed by atoms with Gasteiger partial charge in [0.15, 0.2) is 0 Å². The zero-order valence-electron chi connectivity index (χ0n) is 19.0. The SMILES string of the molecule is COCC(Oc1ccc(OC(=O)C2CCC(C(=O)Oc3ccccc3)CC2)cc1)C(C)C. The van der Waals surface area contributed by atoms with Gasteiger partial charge in [-0.2, -0.15) is 0 Å². The van der Waals surface area contributed by atoms with Crippen molar-refractivity contribution in [1.82, 2.24) is 0 Å². The standard InChI is InChI=1S/C26H32O6/c1-18(2)24(17-29-3)30-22-13-15-23(16-14-22)32-26(28)20-11-9-19(10-12-20)25(27)31-21-7-5-4-6-8-21/h4-8,13-16,18-20,24H,9-12,17H2,1-3H3. The van der Waals surface area contributed by atoms with E-state index in [2.05, 4.69) is 13.8 Å². The second-order valence-corrected chi connectivity index (χ2v) is 8.53. The first-order valence-corrected chi connectivity index (χ1v) is 11.2. The monoisotopic (exact) mass is 440 g/mol. The first-order chi connectivity index (χ1) is 15.5. The summed E-state index contributed by atoms with van der Waals surface area (Å²) in [5, 5.41) is 0. The zero-order chi connectivity index (χ0) is 22.9. The van der Waals surface area contributed by atoms with Crippen molar-refractivity contribution in [3.8, 4) is 17.2 Å². The molecule has 1 fully saturated rings. The molecular weight excluding hydrogens is 408 g/mol. The molecule has 0 N–H and O–H groups in total. The molecule has 2 aromatic rings. The van der Waals surface area contributed by atoms with E-state index in [1.807, 2.05) is 18.2 Å². The third-order valence-corrected chi connectivity index (χ3v) is 5.76. The number of hydrogen-bond donors (Lipinski definition) is 0. The molecule has 1 aliphatic rings. The minimum atomic E-state index is -0.256. The van der Waals surface area contributed by atoms with Crippen LogP contribution in [0.1, 0.15) is 39.5 Å². The third kappa shape index (κ3) is 6.82. The van der Waals surface area contributed by atoms with Crippen molar-refractivity contribution in [3.63, 3.8) is 0 Å². The van der Waals surface area contributed by atoms with Gasteiger partial charge in [0.25, 0.3) is 0 Å². The molecule has 172 valence electrons. The van der Waals surface area contributed by atoms with E-state index in [9.17, 15) is 9.59 Å². The lowest BCUT2D eigenvalue weighted by Gasteiger charge is -2.26. The van der Waals surface area contributed by atoms with Gasteiger partial charge in [0.2, 0.25) is 0 Å². The Morgan fingerprint density at radius 3 is 1.72 bits per heavy atom. The largest absolute Gasteiger partial charge is 0.488 e. The molecule has 32 heavy (non-hydrogen) atoms. The highest BCUT2D eigenvalue weighted by molar-refractivity contribution is 5.77. The van der Waals surface area contributed by atoms with Gasteiger partial charge in [0, 0.05) is 7.11 Å². The Hall–Kier alpha value is -2.86. The number of carbonyl (C=O) groups excluding carboxylic acids is 2. The molecule has 0 bridgehead atoms. The van der Waals surface area contributed by atoms with E-state index < -0.39 is 0 Å². The summed E-state index contributed by atoms with van der Waals surface area (Å²) in [6.45, 7) is 4.67. The lowest BCUT2D eigenvalue weighted by molar-refractivity contribution is -0.145. The lowest BCUT2D eigenvalue weighted by Crippen LogP contribution is -2.30. The van der Waals surface area contributed by atoms with E-state index in [0.29, 0.717) is 55.5 Å². The van der Waals surface area contributed by atoms with Crippen molar-refractivity contribution in [2.24, 2.45) is 17.8 Å². The molecule has 0 aliphatic heterocycles. The molecule has 6 nitrogen and oxygen atoms in total. The van der Waals surface area contributed by atoms with Crippen molar-refractivity contribution in [3.05, 3.63) is 54.6 Å². The van der Waals surface area contributed by atoms with Crippen LogP contribution in [0, 0.1) is 17.8 Å². The minimum Gasteiger partial charge on any atom is -0.488 e. The van der Waals surface area contributed by atoms with E-state index in [-0.39, 0.29) is 29.9 Å². The molecule has 2 aromatic carbocycles. The zero-order valence-corrected chi connectivity index (χ0v) is 19.0. The summed E-state index contributed by atoms with van der Waals surface area (Å²) in [7, 11) is 1.65. The number of benzene rings is 2. The van der Waals surface area contributed by atoms with Crippen molar-refractivity contribution in [2.75, 3.05) is 13.7 Å². The van der Waals surface area contributed by atoms with Crippen LogP contribution in [0.15, 0.2) is 54.6 Å². The first kappa shape index (κ1) is 23.8. The molecule has 3 rings (SSSR count).